The first kappa shape index (κ1) is 12.2. The van der Waals surface area contributed by atoms with Crippen molar-refractivity contribution in [3.8, 4) is 0 Å². The smallest absolute Gasteiger partial charge is 0.194 e. The molecule has 3 heterocycles. The zero-order valence-corrected chi connectivity index (χ0v) is 12.2. The molecule has 1 aliphatic rings. The third-order valence-corrected chi connectivity index (χ3v) is 4.89. The predicted octanol–water partition coefficient (Wildman–Crippen LogP) is 3.46. The van der Waals surface area contributed by atoms with E-state index >= 15 is 0 Å². The van der Waals surface area contributed by atoms with Crippen LogP contribution in [-0.4, -0.2) is 9.38 Å². The number of nitrogens with one attached hydrogen (secondary N) is 1. The van der Waals surface area contributed by atoms with Gasteiger partial charge in [0.15, 0.2) is 4.96 Å². The zero-order valence-electron chi connectivity index (χ0n) is 11.4. The largest absolute Gasteiger partial charge is 0.469 e. The Kier molecular flexibility index (Phi) is 2.89. The molecule has 3 aromatic rings. The number of aryl methyl sites for hydroxylation is 2. The summed E-state index contributed by atoms with van der Waals surface area (Å²) < 4.78 is 7.74. The normalized spacial score (nSPS) is 18.6. The highest BCUT2D eigenvalue weighted by Crippen LogP contribution is 2.30. The van der Waals surface area contributed by atoms with Crippen LogP contribution in [0.2, 0.25) is 0 Å². The van der Waals surface area contributed by atoms with Crippen molar-refractivity contribution < 1.29 is 4.42 Å². The van der Waals surface area contributed by atoms with Gasteiger partial charge in [0.25, 0.3) is 0 Å². The number of hydrogen-bond acceptors (Lipinski definition) is 4. The summed E-state index contributed by atoms with van der Waals surface area (Å²) in [5.74, 6) is 1.15. The van der Waals surface area contributed by atoms with Crippen LogP contribution in [0.1, 0.15) is 41.6 Å². The summed E-state index contributed by atoms with van der Waals surface area (Å²) in [6.07, 6.45) is 7.35. The average Bonchev–Trinajstić information content (AvgIpc) is 3.12. The van der Waals surface area contributed by atoms with E-state index in [2.05, 4.69) is 39.3 Å². The summed E-state index contributed by atoms with van der Waals surface area (Å²) in [4.78, 5) is 5.67. The maximum Gasteiger partial charge on any atom is 0.194 e. The number of aromatic nitrogens is 2. The highest BCUT2D eigenvalue weighted by atomic mass is 32.1. The second-order valence-electron chi connectivity index (χ2n) is 5.32. The molecule has 0 amide bonds. The Morgan fingerprint density at radius 1 is 1.55 bits per heavy atom. The van der Waals surface area contributed by atoms with E-state index in [9.17, 15) is 0 Å². The van der Waals surface area contributed by atoms with E-state index in [-0.39, 0.29) is 0 Å². The molecule has 0 aromatic carbocycles. The van der Waals surface area contributed by atoms with Gasteiger partial charge in [-0.25, -0.2) is 4.98 Å². The van der Waals surface area contributed by atoms with Gasteiger partial charge in [-0.3, -0.25) is 4.40 Å². The van der Waals surface area contributed by atoms with E-state index in [1.807, 2.05) is 6.26 Å². The summed E-state index contributed by atoms with van der Waals surface area (Å²) >= 11 is 1.68. The number of fused-ring (bicyclic) bond motifs is 2. The predicted molar refractivity (Wildman–Crippen MR) is 79.0 cm³/mol. The maximum atomic E-state index is 5.55. The molecule has 0 spiro atoms. The van der Waals surface area contributed by atoms with Gasteiger partial charge >= 0.3 is 0 Å². The molecule has 0 aliphatic heterocycles. The van der Waals surface area contributed by atoms with Gasteiger partial charge < -0.3 is 9.73 Å². The lowest BCUT2D eigenvalue weighted by Crippen LogP contribution is -2.24. The number of imidazole rings is 1. The minimum absolute atomic E-state index is 0.404. The lowest BCUT2D eigenvalue weighted by Gasteiger charge is -2.22. The minimum Gasteiger partial charge on any atom is -0.469 e. The SMILES string of the molecule is Cc1nc2sccn2c1CNC1CCCc2occc21. The molecule has 1 atom stereocenters. The monoisotopic (exact) mass is 287 g/mol. The fourth-order valence-electron chi connectivity index (χ4n) is 3.07. The number of furan rings is 1. The number of nitrogens with zero attached hydrogens (tertiary/aromatic N) is 2. The van der Waals surface area contributed by atoms with Gasteiger partial charge in [0.05, 0.1) is 17.7 Å². The van der Waals surface area contributed by atoms with Crippen LogP contribution >= 0.6 is 11.3 Å². The van der Waals surface area contributed by atoms with E-state index in [0.29, 0.717) is 6.04 Å². The molecule has 0 saturated carbocycles. The second-order valence-corrected chi connectivity index (χ2v) is 6.20. The first-order valence-corrected chi connectivity index (χ1v) is 7.91. The van der Waals surface area contributed by atoms with Crippen molar-refractivity contribution in [2.24, 2.45) is 0 Å². The molecule has 0 saturated heterocycles. The van der Waals surface area contributed by atoms with E-state index in [1.54, 1.807) is 11.3 Å². The Morgan fingerprint density at radius 3 is 3.45 bits per heavy atom. The topological polar surface area (TPSA) is 42.5 Å². The highest BCUT2D eigenvalue weighted by Gasteiger charge is 2.22. The molecule has 1 N–H and O–H groups in total. The molecule has 0 bridgehead atoms. The van der Waals surface area contributed by atoms with E-state index < -0.39 is 0 Å². The number of rotatable bonds is 3. The Morgan fingerprint density at radius 2 is 2.50 bits per heavy atom. The summed E-state index contributed by atoms with van der Waals surface area (Å²) in [5.41, 5.74) is 3.71. The van der Waals surface area contributed by atoms with Crippen LogP contribution in [0.3, 0.4) is 0 Å². The third kappa shape index (κ3) is 1.89. The molecule has 0 radical (unpaired) electrons. The van der Waals surface area contributed by atoms with Crippen molar-refractivity contribution in [2.75, 3.05) is 0 Å². The molecular formula is C15H17N3OS. The van der Waals surface area contributed by atoms with Crippen LogP contribution in [-0.2, 0) is 13.0 Å². The zero-order chi connectivity index (χ0) is 13.5. The molecular weight excluding hydrogens is 270 g/mol. The van der Waals surface area contributed by atoms with Crippen LogP contribution in [0.4, 0.5) is 0 Å². The Hall–Kier alpha value is -1.59. The fraction of sp³-hybridized carbons (Fsp3) is 0.400. The highest BCUT2D eigenvalue weighted by molar-refractivity contribution is 7.15. The Labute approximate surface area is 121 Å². The molecule has 1 unspecified atom stereocenters. The Bertz CT molecular complexity index is 739. The van der Waals surface area contributed by atoms with Gasteiger partial charge in [-0.15, -0.1) is 11.3 Å². The van der Waals surface area contributed by atoms with Crippen molar-refractivity contribution in [3.05, 3.63) is 46.6 Å². The van der Waals surface area contributed by atoms with E-state index in [1.165, 1.54) is 24.1 Å². The number of thiazole rings is 1. The Balaban J connectivity index is 1.57. The van der Waals surface area contributed by atoms with Crippen molar-refractivity contribution in [3.63, 3.8) is 0 Å². The lowest BCUT2D eigenvalue weighted by atomic mass is 9.93. The van der Waals surface area contributed by atoms with Gasteiger partial charge in [0.1, 0.15) is 5.76 Å². The van der Waals surface area contributed by atoms with Gasteiger partial charge in [0.2, 0.25) is 0 Å². The molecule has 3 aromatic heterocycles. The first-order chi connectivity index (χ1) is 9.83. The molecule has 5 heteroatoms. The molecule has 4 nitrogen and oxygen atoms in total. The summed E-state index contributed by atoms with van der Waals surface area (Å²) in [5, 5.41) is 5.76. The third-order valence-electron chi connectivity index (χ3n) is 4.13. The van der Waals surface area contributed by atoms with Gasteiger partial charge in [0, 0.05) is 36.1 Å². The number of hydrogen-bond donors (Lipinski definition) is 1. The van der Waals surface area contributed by atoms with Crippen LogP contribution < -0.4 is 5.32 Å². The lowest BCUT2D eigenvalue weighted by molar-refractivity contribution is 0.409. The van der Waals surface area contributed by atoms with Crippen molar-refractivity contribution in [1.29, 1.82) is 0 Å². The van der Waals surface area contributed by atoms with Gasteiger partial charge in [-0.05, 0) is 25.8 Å². The van der Waals surface area contributed by atoms with E-state index in [0.717, 1.165) is 29.4 Å². The van der Waals surface area contributed by atoms with Gasteiger partial charge in [-0.1, -0.05) is 0 Å². The van der Waals surface area contributed by atoms with Crippen molar-refractivity contribution in [1.82, 2.24) is 14.7 Å². The van der Waals surface area contributed by atoms with Crippen LogP contribution in [0.25, 0.3) is 4.96 Å². The quantitative estimate of drug-likeness (QED) is 0.802. The van der Waals surface area contributed by atoms with Gasteiger partial charge in [-0.2, -0.15) is 0 Å². The van der Waals surface area contributed by atoms with Crippen LogP contribution in [0.15, 0.2) is 28.3 Å². The maximum absolute atomic E-state index is 5.55. The second kappa shape index (κ2) is 4.75. The van der Waals surface area contributed by atoms with Crippen molar-refractivity contribution >= 4 is 16.3 Å². The van der Waals surface area contributed by atoms with E-state index in [4.69, 9.17) is 4.42 Å². The summed E-state index contributed by atoms with van der Waals surface area (Å²) in [6, 6.07) is 2.51. The summed E-state index contributed by atoms with van der Waals surface area (Å²) in [7, 11) is 0. The average molecular weight is 287 g/mol. The van der Waals surface area contributed by atoms with Crippen molar-refractivity contribution in [2.45, 2.75) is 38.8 Å². The molecule has 0 fully saturated rings. The minimum atomic E-state index is 0.404. The summed E-state index contributed by atoms with van der Waals surface area (Å²) in [6.45, 7) is 2.93. The van der Waals surface area contributed by atoms with Crippen LogP contribution in [0.5, 0.6) is 0 Å². The first-order valence-electron chi connectivity index (χ1n) is 7.03. The molecule has 1 aliphatic carbocycles. The van der Waals surface area contributed by atoms with Crippen LogP contribution in [0, 0.1) is 6.92 Å². The fourth-order valence-corrected chi connectivity index (χ4v) is 3.85. The standard InChI is InChI=1S/C15H17N3OS/c1-10-13(18-6-8-20-15(18)17-10)9-16-12-3-2-4-14-11(12)5-7-19-14/h5-8,12,16H,2-4,9H2,1H3. The molecule has 104 valence electrons. The molecule has 4 rings (SSSR count). The molecule has 20 heavy (non-hydrogen) atoms.